The number of aromatic nitrogens is 1. The second-order valence-electron chi connectivity index (χ2n) is 11.3. The molecule has 44 heavy (non-hydrogen) atoms. The molecule has 6 aromatic carbocycles. The molecule has 2 N–H and O–H groups in total. The molecule has 0 saturated heterocycles. The lowest BCUT2D eigenvalue weighted by Gasteiger charge is -2.32. The molecule has 0 saturated carbocycles. The van der Waals surface area contributed by atoms with Crippen LogP contribution < -0.4 is 10.6 Å². The summed E-state index contributed by atoms with van der Waals surface area (Å²) in [6.07, 6.45) is -0.279. The van der Waals surface area contributed by atoms with E-state index < -0.39 is 0 Å². The zero-order valence-corrected chi connectivity index (χ0v) is 23.8. The van der Waals surface area contributed by atoms with E-state index in [4.69, 9.17) is 9.41 Å². The van der Waals surface area contributed by atoms with Gasteiger partial charge in [-0.15, -0.1) is 0 Å². The van der Waals surface area contributed by atoms with Crippen LogP contribution in [0.3, 0.4) is 0 Å². The Morgan fingerprint density at radius 1 is 0.545 bits per heavy atom. The van der Waals surface area contributed by atoms with E-state index in [1.165, 1.54) is 21.7 Å². The van der Waals surface area contributed by atoms with Crippen LogP contribution >= 0.6 is 0 Å². The number of hydrogen-bond acceptors (Lipinski definition) is 4. The van der Waals surface area contributed by atoms with Crippen molar-refractivity contribution in [3.63, 3.8) is 0 Å². The molecule has 1 aliphatic rings. The minimum absolute atomic E-state index is 0.114. The topological polar surface area (TPSA) is 54.5 Å². The van der Waals surface area contributed by atoms with Gasteiger partial charge in [-0.05, 0) is 47.5 Å². The molecular formula is C39H28N4O. The maximum Gasteiger partial charge on any atom is 0.136 e. The van der Waals surface area contributed by atoms with Crippen LogP contribution in [0.5, 0.6) is 0 Å². The molecule has 5 nitrogen and oxygen atoms in total. The molecule has 0 radical (unpaired) electrons. The number of fused-ring (bicyclic) bond motifs is 7. The molecule has 0 amide bonds. The van der Waals surface area contributed by atoms with Gasteiger partial charge in [-0.2, -0.15) is 0 Å². The van der Waals surface area contributed by atoms with E-state index in [0.717, 1.165) is 50.3 Å². The van der Waals surface area contributed by atoms with Gasteiger partial charge in [-0.3, -0.25) is 5.32 Å². The van der Waals surface area contributed by atoms with Gasteiger partial charge in [0.2, 0.25) is 0 Å². The molecule has 2 atom stereocenters. The highest BCUT2D eigenvalue weighted by molar-refractivity contribution is 6.27. The summed E-state index contributed by atoms with van der Waals surface area (Å²) >= 11 is 0. The Morgan fingerprint density at radius 3 is 2.07 bits per heavy atom. The van der Waals surface area contributed by atoms with Crippen LogP contribution in [0.1, 0.15) is 29.0 Å². The first-order valence-corrected chi connectivity index (χ1v) is 15.0. The molecule has 3 heterocycles. The number of benzene rings is 6. The van der Waals surface area contributed by atoms with Crippen molar-refractivity contribution < 1.29 is 4.42 Å². The number of hydrogen-bond donors (Lipinski definition) is 2. The molecule has 1 aliphatic heterocycles. The third kappa shape index (κ3) is 3.94. The molecular weight excluding hydrogens is 540 g/mol. The van der Waals surface area contributed by atoms with Crippen molar-refractivity contribution in [2.75, 3.05) is 0 Å². The molecule has 2 aromatic heterocycles. The standard InChI is InChI=1S/C39H28N4O/c1-3-11-25(12-4-1)37-40-38(26-13-5-2-6-14-26)42-39(41-37)27-19-21-28(22-20-27)43-31-17-9-7-15-29(31)35-32(43)23-24-34-36(35)30-16-8-10-18-33(30)44-34/h1-24,37,39,41H,(H,40,42). The van der Waals surface area contributed by atoms with Gasteiger partial charge in [-0.25, -0.2) is 4.99 Å². The van der Waals surface area contributed by atoms with Gasteiger partial charge in [0.05, 0.1) is 11.0 Å². The number of furan rings is 1. The van der Waals surface area contributed by atoms with Gasteiger partial charge in [0, 0.05) is 32.8 Å². The third-order valence-corrected chi connectivity index (χ3v) is 8.69. The molecule has 8 aromatic rings. The van der Waals surface area contributed by atoms with Crippen molar-refractivity contribution in [1.82, 2.24) is 15.2 Å². The minimum Gasteiger partial charge on any atom is -0.456 e. The van der Waals surface area contributed by atoms with E-state index in [2.05, 4.69) is 137 Å². The van der Waals surface area contributed by atoms with E-state index in [1.54, 1.807) is 0 Å². The van der Waals surface area contributed by atoms with Gasteiger partial charge >= 0.3 is 0 Å². The summed E-state index contributed by atoms with van der Waals surface area (Å²) in [6.45, 7) is 0. The van der Waals surface area contributed by atoms with Crippen LogP contribution in [-0.2, 0) is 0 Å². The fourth-order valence-electron chi connectivity index (χ4n) is 6.65. The van der Waals surface area contributed by atoms with Crippen molar-refractivity contribution in [2.45, 2.75) is 12.3 Å². The maximum atomic E-state index is 6.26. The van der Waals surface area contributed by atoms with Crippen LogP contribution in [0.15, 0.2) is 155 Å². The molecule has 0 fully saturated rings. The highest BCUT2D eigenvalue weighted by Gasteiger charge is 2.25. The molecule has 0 spiro atoms. The molecule has 2 unspecified atom stereocenters. The van der Waals surface area contributed by atoms with Crippen molar-refractivity contribution in [3.05, 3.63) is 162 Å². The lowest BCUT2D eigenvalue weighted by Crippen LogP contribution is -2.44. The number of aliphatic imine (C=N–C) groups is 1. The van der Waals surface area contributed by atoms with Crippen molar-refractivity contribution in [2.24, 2.45) is 4.99 Å². The third-order valence-electron chi connectivity index (χ3n) is 8.69. The summed E-state index contributed by atoms with van der Waals surface area (Å²) in [7, 11) is 0. The molecule has 0 bridgehead atoms. The maximum absolute atomic E-state index is 6.26. The largest absolute Gasteiger partial charge is 0.456 e. The fraction of sp³-hybridized carbons (Fsp3) is 0.0513. The summed E-state index contributed by atoms with van der Waals surface area (Å²) in [5.41, 5.74) is 8.61. The van der Waals surface area contributed by atoms with Crippen LogP contribution in [0.2, 0.25) is 0 Å². The normalized spacial score (nSPS) is 16.9. The highest BCUT2D eigenvalue weighted by atomic mass is 16.3. The first kappa shape index (κ1) is 24.9. The summed E-state index contributed by atoms with van der Waals surface area (Å²) in [4.78, 5) is 5.05. The zero-order valence-electron chi connectivity index (χ0n) is 23.8. The molecule has 9 rings (SSSR count). The summed E-state index contributed by atoms with van der Waals surface area (Å²) in [6, 6.07) is 50.8. The molecule has 5 heteroatoms. The van der Waals surface area contributed by atoms with Crippen LogP contribution in [0, 0.1) is 0 Å². The molecule has 210 valence electrons. The number of rotatable bonds is 4. The Bertz CT molecular complexity index is 2330. The lowest BCUT2D eigenvalue weighted by atomic mass is 10.1. The Balaban J connectivity index is 1.15. The Kier molecular flexibility index (Phi) is 5.64. The second kappa shape index (κ2) is 9.97. The van der Waals surface area contributed by atoms with Crippen LogP contribution in [-0.4, -0.2) is 10.4 Å². The summed E-state index contributed by atoms with van der Waals surface area (Å²) in [5, 5.41) is 12.1. The van der Waals surface area contributed by atoms with Crippen molar-refractivity contribution >= 4 is 49.6 Å². The summed E-state index contributed by atoms with van der Waals surface area (Å²) < 4.78 is 8.62. The van der Waals surface area contributed by atoms with Crippen molar-refractivity contribution in [3.8, 4) is 5.69 Å². The monoisotopic (exact) mass is 568 g/mol. The van der Waals surface area contributed by atoms with Gasteiger partial charge in [0.25, 0.3) is 0 Å². The van der Waals surface area contributed by atoms with E-state index in [1.807, 2.05) is 24.3 Å². The Hall–Kier alpha value is -5.65. The minimum atomic E-state index is -0.165. The average molecular weight is 569 g/mol. The predicted molar refractivity (Wildman–Crippen MR) is 179 cm³/mol. The quantitative estimate of drug-likeness (QED) is 0.223. The number of amidine groups is 1. The molecule has 0 aliphatic carbocycles. The first-order valence-electron chi connectivity index (χ1n) is 15.0. The Morgan fingerprint density at radius 2 is 1.25 bits per heavy atom. The van der Waals surface area contributed by atoms with Gasteiger partial charge in [0.15, 0.2) is 0 Å². The van der Waals surface area contributed by atoms with E-state index in [9.17, 15) is 0 Å². The number of nitrogens with one attached hydrogen (secondary N) is 2. The second-order valence-corrected chi connectivity index (χ2v) is 11.3. The Labute approximate surface area is 254 Å². The highest BCUT2D eigenvalue weighted by Crippen LogP contribution is 2.41. The van der Waals surface area contributed by atoms with Gasteiger partial charge in [0.1, 0.15) is 29.3 Å². The van der Waals surface area contributed by atoms with Gasteiger partial charge in [-0.1, -0.05) is 109 Å². The first-order chi connectivity index (χ1) is 21.8. The van der Waals surface area contributed by atoms with Gasteiger partial charge < -0.3 is 14.3 Å². The van der Waals surface area contributed by atoms with Crippen LogP contribution in [0.25, 0.3) is 49.4 Å². The van der Waals surface area contributed by atoms with Crippen LogP contribution in [0.4, 0.5) is 0 Å². The van der Waals surface area contributed by atoms with E-state index in [0.29, 0.717) is 0 Å². The number of para-hydroxylation sites is 2. The summed E-state index contributed by atoms with van der Waals surface area (Å²) in [5.74, 6) is 0.881. The SMILES string of the molecule is c1ccc(C2=NC(c3ccccc3)NC(c3ccc(-n4c5ccccc5c5c6c(ccc54)oc4ccccc46)cc3)N2)cc1. The number of nitrogens with zero attached hydrogens (tertiary/aromatic N) is 2. The lowest BCUT2D eigenvalue weighted by molar-refractivity contribution is 0.409. The smallest absolute Gasteiger partial charge is 0.136 e. The average Bonchev–Trinajstić information content (AvgIpc) is 3.64. The fourth-order valence-corrected chi connectivity index (χ4v) is 6.65. The van der Waals surface area contributed by atoms with Crippen molar-refractivity contribution in [1.29, 1.82) is 0 Å². The zero-order chi connectivity index (χ0) is 29.0. The van der Waals surface area contributed by atoms with E-state index in [-0.39, 0.29) is 12.3 Å². The predicted octanol–water partition coefficient (Wildman–Crippen LogP) is 9.02. The van der Waals surface area contributed by atoms with E-state index >= 15 is 0 Å².